The molecule has 0 fully saturated rings. The maximum atomic E-state index is 6.27. The van der Waals surface area contributed by atoms with Gasteiger partial charge in [0, 0.05) is 18.4 Å². The number of nitrogens with one attached hydrogen (secondary N) is 1. The fourth-order valence-electron chi connectivity index (χ4n) is 2.83. The lowest BCUT2D eigenvalue weighted by molar-refractivity contribution is 0.308. The summed E-state index contributed by atoms with van der Waals surface area (Å²) in [4.78, 5) is 4.08. The molecule has 0 saturated carbocycles. The van der Waals surface area contributed by atoms with Crippen LogP contribution < -0.4 is 5.32 Å². The Morgan fingerprint density at radius 1 is 1.15 bits per heavy atom. The highest BCUT2D eigenvalue weighted by Gasteiger charge is 2.20. The number of nitrogens with zero attached hydrogens (tertiary/aromatic N) is 1. The van der Waals surface area contributed by atoms with Crippen LogP contribution in [-0.2, 0) is 6.42 Å². The Hall–Kier alpha value is -0.600. The van der Waals surface area contributed by atoms with Gasteiger partial charge < -0.3 is 5.32 Å². The first-order valence-corrected chi connectivity index (χ1v) is 8.42. The predicted octanol–water partition coefficient (Wildman–Crippen LogP) is 4.86. The molecule has 1 heterocycles. The Kier molecular flexibility index (Phi) is 8.88. The second kappa shape index (κ2) is 10.2. The minimum atomic E-state index is 0.523. The van der Waals surface area contributed by atoms with E-state index in [9.17, 15) is 0 Å². The predicted molar refractivity (Wildman–Crippen MR) is 88.3 cm³/mol. The summed E-state index contributed by atoms with van der Waals surface area (Å²) in [7, 11) is 0. The van der Waals surface area contributed by atoms with E-state index < -0.39 is 0 Å². The summed E-state index contributed by atoms with van der Waals surface area (Å²) in [6, 6.07) is 2.58. The molecule has 0 amide bonds. The van der Waals surface area contributed by atoms with E-state index in [-0.39, 0.29) is 0 Å². The van der Waals surface area contributed by atoms with Gasteiger partial charge in [-0.25, -0.2) is 0 Å². The third-order valence-electron chi connectivity index (χ3n) is 3.84. The summed E-state index contributed by atoms with van der Waals surface area (Å²) >= 11 is 6.27. The van der Waals surface area contributed by atoms with Crippen molar-refractivity contribution < 1.29 is 0 Å². The molecule has 1 N–H and O–H groups in total. The summed E-state index contributed by atoms with van der Waals surface area (Å²) in [6.07, 6.45) is 10.8. The van der Waals surface area contributed by atoms with Crippen molar-refractivity contribution in [3.8, 4) is 0 Å². The van der Waals surface area contributed by atoms with Gasteiger partial charge in [-0.15, -0.1) is 0 Å². The summed E-state index contributed by atoms with van der Waals surface area (Å²) in [5.74, 6) is 0.737. The van der Waals surface area contributed by atoms with E-state index in [0.717, 1.165) is 23.9 Å². The van der Waals surface area contributed by atoms with Crippen molar-refractivity contribution >= 4 is 11.6 Å². The number of rotatable bonds is 10. The number of pyridine rings is 1. The monoisotopic (exact) mass is 296 g/mol. The topological polar surface area (TPSA) is 24.9 Å². The third kappa shape index (κ3) is 5.80. The van der Waals surface area contributed by atoms with Crippen molar-refractivity contribution in [2.45, 2.75) is 65.3 Å². The molecule has 1 aromatic rings. The zero-order valence-electron chi connectivity index (χ0n) is 13.2. The van der Waals surface area contributed by atoms with Gasteiger partial charge >= 0.3 is 0 Å². The molecule has 1 unspecified atom stereocenters. The van der Waals surface area contributed by atoms with Gasteiger partial charge in [0.1, 0.15) is 0 Å². The minimum Gasteiger partial charge on any atom is -0.313 e. The molecule has 3 heteroatoms. The molecular formula is C17H29ClN2. The van der Waals surface area contributed by atoms with Gasteiger partial charge in [0.05, 0.1) is 5.02 Å². The smallest absolute Gasteiger partial charge is 0.0621 e. The van der Waals surface area contributed by atoms with E-state index in [1.807, 2.05) is 6.20 Å². The van der Waals surface area contributed by atoms with Gasteiger partial charge in [-0.3, -0.25) is 4.98 Å². The van der Waals surface area contributed by atoms with Crippen LogP contribution in [0.15, 0.2) is 18.5 Å². The molecule has 114 valence electrons. The van der Waals surface area contributed by atoms with Crippen LogP contribution >= 0.6 is 11.6 Å². The van der Waals surface area contributed by atoms with Crippen LogP contribution in [0.1, 0.15) is 58.4 Å². The highest BCUT2D eigenvalue weighted by molar-refractivity contribution is 6.31. The fraction of sp³-hybridized carbons (Fsp3) is 0.706. The maximum absolute atomic E-state index is 6.27. The van der Waals surface area contributed by atoms with E-state index in [4.69, 9.17) is 11.6 Å². The minimum absolute atomic E-state index is 0.523. The Balaban J connectivity index is 2.78. The molecule has 1 aromatic heterocycles. The summed E-state index contributed by atoms with van der Waals surface area (Å²) in [5, 5.41) is 4.53. The van der Waals surface area contributed by atoms with Crippen molar-refractivity contribution in [3.05, 3.63) is 29.0 Å². The lowest BCUT2D eigenvalue weighted by Crippen LogP contribution is -2.38. The Morgan fingerprint density at radius 2 is 1.85 bits per heavy atom. The van der Waals surface area contributed by atoms with Crippen molar-refractivity contribution in [3.63, 3.8) is 0 Å². The van der Waals surface area contributed by atoms with Gasteiger partial charge in [-0.1, -0.05) is 45.2 Å². The van der Waals surface area contributed by atoms with Crippen LogP contribution in [-0.4, -0.2) is 17.6 Å². The van der Waals surface area contributed by atoms with Gasteiger partial charge in [-0.05, 0) is 49.8 Å². The fourth-order valence-corrected chi connectivity index (χ4v) is 3.03. The molecule has 0 bridgehead atoms. The number of aromatic nitrogens is 1. The lowest BCUT2D eigenvalue weighted by atomic mass is 9.86. The molecule has 0 aromatic carbocycles. The van der Waals surface area contributed by atoms with Gasteiger partial charge in [0.25, 0.3) is 0 Å². The van der Waals surface area contributed by atoms with Crippen molar-refractivity contribution in [1.82, 2.24) is 10.3 Å². The van der Waals surface area contributed by atoms with Crippen LogP contribution in [0.4, 0.5) is 0 Å². The first-order chi connectivity index (χ1) is 9.72. The molecule has 1 atom stereocenters. The molecule has 0 aliphatic rings. The largest absolute Gasteiger partial charge is 0.313 e. The van der Waals surface area contributed by atoms with Crippen LogP contribution in [0.2, 0.25) is 5.02 Å². The molecule has 0 radical (unpaired) electrons. The Labute approximate surface area is 129 Å². The number of halogens is 1. The molecular weight excluding hydrogens is 268 g/mol. The first-order valence-electron chi connectivity index (χ1n) is 8.04. The van der Waals surface area contributed by atoms with Gasteiger partial charge in [-0.2, -0.15) is 0 Å². The second-order valence-electron chi connectivity index (χ2n) is 5.57. The summed E-state index contributed by atoms with van der Waals surface area (Å²) < 4.78 is 0. The quantitative estimate of drug-likeness (QED) is 0.667. The first kappa shape index (κ1) is 17.5. The van der Waals surface area contributed by atoms with Crippen molar-refractivity contribution in [1.29, 1.82) is 0 Å². The standard InChI is InChI=1S/C17H29ClN2/c1-4-7-14(8-5-2)17(20-10-6-3)12-15-9-11-19-13-16(15)18/h9,11,13-14,17,20H,4-8,10,12H2,1-3H3. The normalized spacial score (nSPS) is 12.8. The average Bonchev–Trinajstić information content (AvgIpc) is 2.45. The average molecular weight is 297 g/mol. The maximum Gasteiger partial charge on any atom is 0.0621 e. The molecule has 0 spiro atoms. The second-order valence-corrected chi connectivity index (χ2v) is 5.98. The van der Waals surface area contributed by atoms with E-state index in [2.05, 4.69) is 37.1 Å². The molecule has 20 heavy (non-hydrogen) atoms. The summed E-state index contributed by atoms with van der Waals surface area (Å²) in [5.41, 5.74) is 1.22. The molecule has 0 aliphatic heterocycles. The lowest BCUT2D eigenvalue weighted by Gasteiger charge is -2.28. The van der Waals surface area contributed by atoms with Crippen LogP contribution in [0, 0.1) is 5.92 Å². The van der Waals surface area contributed by atoms with Crippen LogP contribution in [0.25, 0.3) is 0 Å². The third-order valence-corrected chi connectivity index (χ3v) is 4.18. The van der Waals surface area contributed by atoms with E-state index in [1.165, 1.54) is 37.7 Å². The SMILES string of the molecule is CCCNC(Cc1ccncc1Cl)C(CCC)CCC. The Bertz CT molecular complexity index is 362. The molecule has 0 saturated heterocycles. The van der Waals surface area contributed by atoms with Gasteiger partial charge in [0.15, 0.2) is 0 Å². The zero-order valence-corrected chi connectivity index (χ0v) is 13.9. The summed E-state index contributed by atoms with van der Waals surface area (Å²) in [6.45, 7) is 7.85. The Morgan fingerprint density at radius 3 is 2.40 bits per heavy atom. The van der Waals surface area contributed by atoms with E-state index in [0.29, 0.717) is 6.04 Å². The van der Waals surface area contributed by atoms with E-state index in [1.54, 1.807) is 6.20 Å². The van der Waals surface area contributed by atoms with Crippen molar-refractivity contribution in [2.24, 2.45) is 5.92 Å². The van der Waals surface area contributed by atoms with Crippen molar-refractivity contribution in [2.75, 3.05) is 6.54 Å². The highest BCUT2D eigenvalue weighted by Crippen LogP contribution is 2.23. The van der Waals surface area contributed by atoms with E-state index >= 15 is 0 Å². The molecule has 2 nitrogen and oxygen atoms in total. The zero-order chi connectivity index (χ0) is 14.8. The molecule has 0 aliphatic carbocycles. The highest BCUT2D eigenvalue weighted by atomic mass is 35.5. The van der Waals surface area contributed by atoms with Crippen LogP contribution in [0.5, 0.6) is 0 Å². The number of hydrogen-bond acceptors (Lipinski definition) is 2. The van der Waals surface area contributed by atoms with Crippen LogP contribution in [0.3, 0.4) is 0 Å². The van der Waals surface area contributed by atoms with Gasteiger partial charge in [0.2, 0.25) is 0 Å². The number of hydrogen-bond donors (Lipinski definition) is 1. The molecule has 1 rings (SSSR count).